The summed E-state index contributed by atoms with van der Waals surface area (Å²) >= 11 is 0. The van der Waals surface area contributed by atoms with Crippen molar-refractivity contribution in [2.75, 3.05) is 26.7 Å². The van der Waals surface area contributed by atoms with E-state index in [1.165, 1.54) is 6.42 Å². The number of fused-ring (bicyclic) bond motifs is 2. The number of likely N-dealkylation sites (tertiary alicyclic amines) is 1. The van der Waals surface area contributed by atoms with Crippen molar-refractivity contribution in [3.8, 4) is 16.9 Å². The highest BCUT2D eigenvalue weighted by atomic mass is 16.5. The van der Waals surface area contributed by atoms with Crippen molar-refractivity contribution < 1.29 is 9.53 Å². The summed E-state index contributed by atoms with van der Waals surface area (Å²) in [4.78, 5) is 17.3. The summed E-state index contributed by atoms with van der Waals surface area (Å²) in [6, 6.07) is 5.94. The largest absolute Gasteiger partial charge is 0.486 e. The third kappa shape index (κ3) is 3.46. The zero-order valence-corrected chi connectivity index (χ0v) is 16.6. The number of carbonyl (C=O) groups is 1. The minimum absolute atomic E-state index is 0.0107. The van der Waals surface area contributed by atoms with Crippen molar-refractivity contribution in [3.63, 3.8) is 0 Å². The Morgan fingerprint density at radius 1 is 1.22 bits per heavy atom. The first-order valence-corrected chi connectivity index (χ1v) is 9.71. The Labute approximate surface area is 160 Å². The molecular formula is C21H28N4O2. The number of aromatic nitrogens is 2. The molecule has 27 heavy (non-hydrogen) atoms. The van der Waals surface area contributed by atoms with Crippen LogP contribution in [0.5, 0.6) is 5.75 Å². The minimum Gasteiger partial charge on any atom is -0.486 e. The molecule has 6 heteroatoms. The molecule has 1 fully saturated rings. The van der Waals surface area contributed by atoms with E-state index in [1.54, 1.807) is 4.68 Å². The third-order valence-electron chi connectivity index (χ3n) is 5.68. The highest BCUT2D eigenvalue weighted by molar-refractivity contribution is 5.98. The molecule has 0 N–H and O–H groups in total. The molecule has 144 valence electrons. The van der Waals surface area contributed by atoms with Crippen LogP contribution in [0.25, 0.3) is 11.1 Å². The van der Waals surface area contributed by atoms with Gasteiger partial charge in [-0.1, -0.05) is 19.9 Å². The van der Waals surface area contributed by atoms with Gasteiger partial charge in [0.25, 0.3) is 5.91 Å². The average Bonchev–Trinajstić information content (AvgIpc) is 3.23. The summed E-state index contributed by atoms with van der Waals surface area (Å²) < 4.78 is 8.17. The third-order valence-corrected chi connectivity index (χ3v) is 5.68. The van der Waals surface area contributed by atoms with Gasteiger partial charge in [-0.25, -0.2) is 0 Å². The van der Waals surface area contributed by atoms with Crippen molar-refractivity contribution in [2.45, 2.75) is 32.4 Å². The molecule has 1 aromatic carbocycles. The van der Waals surface area contributed by atoms with Gasteiger partial charge in [0.2, 0.25) is 0 Å². The maximum absolute atomic E-state index is 13.0. The van der Waals surface area contributed by atoms with E-state index in [9.17, 15) is 4.79 Å². The second-order valence-electron chi connectivity index (χ2n) is 8.20. The molecule has 4 rings (SSSR count). The van der Waals surface area contributed by atoms with Crippen LogP contribution in [0, 0.1) is 5.92 Å². The number of likely N-dealkylation sites (N-methyl/N-ethyl adjacent to an activating group) is 1. The maximum atomic E-state index is 13.0. The fraction of sp³-hybridized carbons (Fsp3) is 0.524. The molecule has 1 saturated heterocycles. The van der Waals surface area contributed by atoms with Crippen LogP contribution in [0.15, 0.2) is 30.6 Å². The van der Waals surface area contributed by atoms with Gasteiger partial charge in [-0.15, -0.1) is 0 Å². The summed E-state index contributed by atoms with van der Waals surface area (Å²) in [6.07, 6.45) is 4.98. The lowest BCUT2D eigenvalue weighted by Gasteiger charge is -2.25. The minimum atomic E-state index is 0.0107. The Balaban J connectivity index is 1.61. The van der Waals surface area contributed by atoms with E-state index in [-0.39, 0.29) is 18.1 Å². The molecule has 0 aliphatic carbocycles. The summed E-state index contributed by atoms with van der Waals surface area (Å²) in [7, 11) is 3.80. The molecule has 0 saturated carbocycles. The normalized spacial score (nSPS) is 22.6. The molecular weight excluding hydrogens is 340 g/mol. The van der Waals surface area contributed by atoms with Gasteiger partial charge in [0.15, 0.2) is 0 Å². The Kier molecular flexibility index (Phi) is 4.68. The number of hydrogen-bond acceptors (Lipinski definition) is 4. The first-order valence-electron chi connectivity index (χ1n) is 9.71. The van der Waals surface area contributed by atoms with E-state index in [2.05, 4.69) is 23.8 Å². The number of ether oxygens (including phenoxy) is 1. The van der Waals surface area contributed by atoms with Crippen LogP contribution in [-0.4, -0.2) is 64.3 Å². The van der Waals surface area contributed by atoms with Gasteiger partial charge in [-0.05, 0) is 36.6 Å². The molecule has 1 amide bonds. The summed E-state index contributed by atoms with van der Waals surface area (Å²) in [5.74, 6) is 1.41. The SMILES string of the molecule is CC(C)CCN1CC2Oc3cc(-c4cnn(C)c4)ccc3C(=O)N(C)C2C1. The fourth-order valence-electron chi connectivity index (χ4n) is 3.99. The second-order valence-corrected chi connectivity index (χ2v) is 8.20. The molecule has 6 nitrogen and oxygen atoms in total. The lowest BCUT2D eigenvalue weighted by atomic mass is 10.1. The van der Waals surface area contributed by atoms with Crippen molar-refractivity contribution in [1.82, 2.24) is 19.6 Å². The summed E-state index contributed by atoms with van der Waals surface area (Å²) in [6.45, 7) is 7.29. The van der Waals surface area contributed by atoms with Crippen LogP contribution in [0.1, 0.15) is 30.6 Å². The second kappa shape index (κ2) is 7.00. The summed E-state index contributed by atoms with van der Waals surface area (Å²) in [5, 5.41) is 4.24. The molecule has 0 radical (unpaired) electrons. The Bertz CT molecular complexity index is 844. The van der Waals surface area contributed by atoms with E-state index in [1.807, 2.05) is 49.6 Å². The molecule has 0 bridgehead atoms. The van der Waals surface area contributed by atoms with Crippen molar-refractivity contribution in [1.29, 1.82) is 0 Å². The van der Waals surface area contributed by atoms with E-state index in [0.717, 1.165) is 30.8 Å². The van der Waals surface area contributed by atoms with Crippen LogP contribution < -0.4 is 4.74 Å². The highest BCUT2D eigenvalue weighted by Gasteiger charge is 2.42. The molecule has 1 aromatic heterocycles. The molecule has 0 spiro atoms. The zero-order chi connectivity index (χ0) is 19.1. The van der Waals surface area contributed by atoms with Crippen LogP contribution in [0.2, 0.25) is 0 Å². The summed E-state index contributed by atoms with van der Waals surface area (Å²) in [5.41, 5.74) is 2.69. The molecule has 2 unspecified atom stereocenters. The van der Waals surface area contributed by atoms with E-state index in [4.69, 9.17) is 4.74 Å². The van der Waals surface area contributed by atoms with Crippen LogP contribution >= 0.6 is 0 Å². The predicted octanol–water partition coefficient (Wildman–Crippen LogP) is 2.65. The van der Waals surface area contributed by atoms with Crippen molar-refractivity contribution in [2.24, 2.45) is 13.0 Å². The Morgan fingerprint density at radius 3 is 2.74 bits per heavy atom. The average molecular weight is 368 g/mol. The van der Waals surface area contributed by atoms with E-state index >= 15 is 0 Å². The van der Waals surface area contributed by atoms with Gasteiger partial charge in [-0.3, -0.25) is 14.4 Å². The highest BCUT2D eigenvalue weighted by Crippen LogP contribution is 2.34. The van der Waals surface area contributed by atoms with Gasteiger partial charge >= 0.3 is 0 Å². The van der Waals surface area contributed by atoms with Crippen molar-refractivity contribution in [3.05, 3.63) is 36.2 Å². The quantitative estimate of drug-likeness (QED) is 0.833. The lowest BCUT2D eigenvalue weighted by molar-refractivity contribution is 0.0682. The van der Waals surface area contributed by atoms with E-state index in [0.29, 0.717) is 17.2 Å². The topological polar surface area (TPSA) is 50.6 Å². The number of nitrogens with zero attached hydrogens (tertiary/aromatic N) is 4. The number of hydrogen-bond donors (Lipinski definition) is 0. The predicted molar refractivity (Wildman–Crippen MR) is 105 cm³/mol. The monoisotopic (exact) mass is 368 g/mol. The molecule has 2 aliphatic rings. The standard InChI is InChI=1S/C21H28N4O2/c1-14(2)7-8-25-12-18-20(13-25)27-19-9-15(16-10-22-23(3)11-16)5-6-17(19)21(26)24(18)4/h5-6,9-11,14,18,20H,7-8,12-13H2,1-4H3. The van der Waals surface area contributed by atoms with Gasteiger partial charge in [0, 0.05) is 38.9 Å². The smallest absolute Gasteiger partial charge is 0.257 e. The number of aryl methyl sites for hydroxylation is 1. The Morgan fingerprint density at radius 2 is 2.04 bits per heavy atom. The number of amides is 1. The maximum Gasteiger partial charge on any atom is 0.257 e. The molecule has 2 atom stereocenters. The Hall–Kier alpha value is -2.34. The zero-order valence-electron chi connectivity index (χ0n) is 16.6. The molecule has 2 aliphatic heterocycles. The lowest BCUT2D eigenvalue weighted by Crippen LogP contribution is -2.44. The first kappa shape index (κ1) is 18.0. The van der Waals surface area contributed by atoms with Crippen molar-refractivity contribution >= 4 is 5.91 Å². The number of rotatable bonds is 4. The van der Waals surface area contributed by atoms with Crippen LogP contribution in [-0.2, 0) is 7.05 Å². The molecule has 2 aromatic rings. The number of benzene rings is 1. The van der Waals surface area contributed by atoms with Crippen LogP contribution in [0.3, 0.4) is 0 Å². The van der Waals surface area contributed by atoms with Crippen LogP contribution in [0.4, 0.5) is 0 Å². The van der Waals surface area contributed by atoms with Gasteiger partial charge in [-0.2, -0.15) is 5.10 Å². The van der Waals surface area contributed by atoms with Gasteiger partial charge < -0.3 is 9.64 Å². The van der Waals surface area contributed by atoms with Gasteiger partial charge in [0.05, 0.1) is 17.8 Å². The van der Waals surface area contributed by atoms with Gasteiger partial charge in [0.1, 0.15) is 11.9 Å². The molecule has 3 heterocycles. The number of carbonyl (C=O) groups excluding carboxylic acids is 1. The first-order chi connectivity index (χ1) is 12.9. The fourth-order valence-corrected chi connectivity index (χ4v) is 3.99. The van der Waals surface area contributed by atoms with E-state index < -0.39 is 0 Å².